The minimum absolute atomic E-state index is 0.301. The summed E-state index contributed by atoms with van der Waals surface area (Å²) in [6.45, 7) is -0.513. The normalized spacial score (nSPS) is 13.1. The van der Waals surface area contributed by atoms with E-state index in [0.29, 0.717) is 4.90 Å². The van der Waals surface area contributed by atoms with Crippen LogP contribution in [0.25, 0.3) is 0 Å². The second-order valence-electron chi connectivity index (χ2n) is 3.49. The second-order valence-corrected chi connectivity index (χ2v) is 3.49. The number of alkyl halides is 3. The molecule has 17 heavy (non-hydrogen) atoms. The summed E-state index contributed by atoms with van der Waals surface area (Å²) in [7, 11) is 1.11. The molecule has 1 atom stereocenters. The van der Waals surface area contributed by atoms with Gasteiger partial charge in [-0.25, -0.2) is 0 Å². The van der Waals surface area contributed by atoms with Gasteiger partial charge in [-0.3, -0.25) is 9.59 Å². The van der Waals surface area contributed by atoms with Crippen LogP contribution in [-0.2, 0) is 14.3 Å². The maximum atomic E-state index is 12.2. The number of hydrogen-bond acceptors (Lipinski definition) is 4. The second kappa shape index (κ2) is 6.43. The molecule has 100 valence electrons. The molecule has 0 aromatic rings. The van der Waals surface area contributed by atoms with Crippen molar-refractivity contribution < 1.29 is 27.5 Å². The monoisotopic (exact) mass is 256 g/mol. The molecule has 0 saturated carbocycles. The minimum atomic E-state index is -4.53. The largest absolute Gasteiger partial charge is 0.469 e. The van der Waals surface area contributed by atoms with Crippen LogP contribution in [0, 0.1) is 0 Å². The van der Waals surface area contributed by atoms with Crippen molar-refractivity contribution in [1.82, 2.24) is 4.90 Å². The Kier molecular flexibility index (Phi) is 5.94. The van der Waals surface area contributed by atoms with Crippen LogP contribution in [0.5, 0.6) is 0 Å². The molecule has 2 N–H and O–H groups in total. The van der Waals surface area contributed by atoms with E-state index in [0.717, 1.165) is 7.11 Å². The van der Waals surface area contributed by atoms with Crippen molar-refractivity contribution in [3.63, 3.8) is 0 Å². The summed E-state index contributed by atoms with van der Waals surface area (Å²) < 4.78 is 40.8. The van der Waals surface area contributed by atoms with Crippen LogP contribution >= 0.6 is 0 Å². The molecule has 0 aromatic carbocycles. The number of esters is 1. The van der Waals surface area contributed by atoms with Crippen molar-refractivity contribution in [2.24, 2.45) is 5.73 Å². The van der Waals surface area contributed by atoms with Gasteiger partial charge < -0.3 is 15.4 Å². The van der Waals surface area contributed by atoms with Crippen molar-refractivity contribution in [3.05, 3.63) is 0 Å². The summed E-state index contributed by atoms with van der Waals surface area (Å²) in [4.78, 5) is 22.7. The lowest BCUT2D eigenvalue weighted by atomic mass is 10.2. The van der Waals surface area contributed by atoms with Gasteiger partial charge in [-0.2, -0.15) is 13.2 Å². The summed E-state index contributed by atoms with van der Waals surface area (Å²) in [5, 5.41) is 0. The molecule has 0 saturated heterocycles. The first-order chi connectivity index (χ1) is 7.67. The number of halogens is 3. The third-order valence-corrected chi connectivity index (χ3v) is 1.88. The number of ether oxygens (including phenoxy) is 1. The van der Waals surface area contributed by atoms with Crippen molar-refractivity contribution >= 4 is 11.9 Å². The van der Waals surface area contributed by atoms with Gasteiger partial charge in [0.1, 0.15) is 6.54 Å². The first-order valence-corrected chi connectivity index (χ1v) is 4.85. The van der Waals surface area contributed by atoms with E-state index < -0.39 is 30.6 Å². The maximum Gasteiger partial charge on any atom is 0.406 e. The Bertz CT molecular complexity index is 279. The van der Waals surface area contributed by atoms with Gasteiger partial charge in [-0.15, -0.1) is 0 Å². The first-order valence-electron chi connectivity index (χ1n) is 4.85. The van der Waals surface area contributed by atoms with Crippen molar-refractivity contribution in [2.45, 2.75) is 25.6 Å². The highest BCUT2D eigenvalue weighted by atomic mass is 19.4. The average Bonchev–Trinajstić information content (AvgIpc) is 2.20. The van der Waals surface area contributed by atoms with E-state index in [1.165, 1.54) is 6.92 Å². The molecule has 0 aromatic heterocycles. The summed E-state index contributed by atoms with van der Waals surface area (Å²) in [6.07, 6.45) is -4.83. The predicted octanol–water partition coefficient (Wildman–Crippen LogP) is 0.288. The molecule has 1 amide bonds. The van der Waals surface area contributed by atoms with Gasteiger partial charge in [0.2, 0.25) is 5.91 Å². The van der Waals surface area contributed by atoms with E-state index >= 15 is 0 Å². The Morgan fingerprint density at radius 2 is 1.94 bits per heavy atom. The van der Waals surface area contributed by atoms with E-state index in [2.05, 4.69) is 4.74 Å². The zero-order valence-electron chi connectivity index (χ0n) is 9.58. The topological polar surface area (TPSA) is 72.6 Å². The molecule has 0 spiro atoms. The van der Waals surface area contributed by atoms with Crippen LogP contribution in [0.1, 0.15) is 13.3 Å². The fourth-order valence-electron chi connectivity index (χ4n) is 1.10. The van der Waals surface area contributed by atoms with E-state index in [4.69, 9.17) is 5.73 Å². The van der Waals surface area contributed by atoms with Crippen LogP contribution in [0.3, 0.4) is 0 Å². The first kappa shape index (κ1) is 15.7. The van der Waals surface area contributed by atoms with Crippen LogP contribution < -0.4 is 5.73 Å². The third kappa shape index (κ3) is 6.77. The van der Waals surface area contributed by atoms with Crippen LogP contribution in [0.4, 0.5) is 13.2 Å². The van der Waals surface area contributed by atoms with Crippen molar-refractivity contribution in [3.8, 4) is 0 Å². The molecule has 0 aliphatic rings. The van der Waals surface area contributed by atoms with Crippen LogP contribution in [0.15, 0.2) is 0 Å². The van der Waals surface area contributed by atoms with E-state index in [1.807, 2.05) is 0 Å². The molecule has 0 rings (SSSR count). The summed E-state index contributed by atoms with van der Waals surface area (Å²) in [5.41, 5.74) is 5.22. The van der Waals surface area contributed by atoms with Crippen molar-refractivity contribution in [2.75, 3.05) is 20.2 Å². The quantitative estimate of drug-likeness (QED) is 0.717. The molecule has 0 bridgehead atoms. The number of carbonyl (C=O) groups is 2. The molecule has 0 aliphatic carbocycles. The number of rotatable bonds is 5. The molecule has 0 radical (unpaired) electrons. The fourth-order valence-corrected chi connectivity index (χ4v) is 1.10. The molecule has 8 heteroatoms. The Morgan fingerprint density at radius 3 is 2.29 bits per heavy atom. The van der Waals surface area contributed by atoms with Gasteiger partial charge in [-0.1, -0.05) is 0 Å². The van der Waals surface area contributed by atoms with Crippen LogP contribution in [-0.4, -0.2) is 49.2 Å². The van der Waals surface area contributed by atoms with E-state index in [9.17, 15) is 22.8 Å². The standard InChI is InChI=1S/C9H15F3N2O3/c1-6(13)8(16)14(5-9(10,11)12)4-3-7(15)17-2/h6H,3-5,13H2,1-2H3. The maximum absolute atomic E-state index is 12.2. The number of methoxy groups -OCH3 is 1. The van der Waals surface area contributed by atoms with Crippen molar-refractivity contribution in [1.29, 1.82) is 0 Å². The Morgan fingerprint density at radius 1 is 1.41 bits per heavy atom. The van der Waals surface area contributed by atoms with Gasteiger partial charge in [0, 0.05) is 6.54 Å². The highest BCUT2D eigenvalue weighted by Crippen LogP contribution is 2.17. The Hall–Kier alpha value is -1.31. The Balaban J connectivity index is 4.52. The Labute approximate surface area is 96.7 Å². The summed E-state index contributed by atoms with van der Waals surface area (Å²) >= 11 is 0. The van der Waals surface area contributed by atoms with Gasteiger partial charge >= 0.3 is 12.1 Å². The molecule has 5 nitrogen and oxygen atoms in total. The zero-order chi connectivity index (χ0) is 13.6. The van der Waals surface area contributed by atoms with Gasteiger partial charge in [0.25, 0.3) is 0 Å². The van der Waals surface area contributed by atoms with E-state index in [1.54, 1.807) is 0 Å². The zero-order valence-corrected chi connectivity index (χ0v) is 9.58. The summed E-state index contributed by atoms with van der Waals surface area (Å²) in [6, 6.07) is -1.05. The molecular weight excluding hydrogens is 241 g/mol. The molecule has 0 fully saturated rings. The van der Waals surface area contributed by atoms with Crippen LogP contribution in [0.2, 0.25) is 0 Å². The van der Waals surface area contributed by atoms with Gasteiger partial charge in [-0.05, 0) is 6.92 Å². The van der Waals surface area contributed by atoms with Gasteiger partial charge in [0.15, 0.2) is 0 Å². The minimum Gasteiger partial charge on any atom is -0.469 e. The summed E-state index contributed by atoms with van der Waals surface area (Å²) in [5.74, 6) is -1.54. The molecule has 1 unspecified atom stereocenters. The number of nitrogens with zero attached hydrogens (tertiary/aromatic N) is 1. The fraction of sp³-hybridized carbons (Fsp3) is 0.778. The van der Waals surface area contributed by atoms with Gasteiger partial charge in [0.05, 0.1) is 19.6 Å². The average molecular weight is 256 g/mol. The lowest BCUT2D eigenvalue weighted by molar-refractivity contribution is -0.163. The lowest BCUT2D eigenvalue weighted by Crippen LogP contribution is -2.47. The lowest BCUT2D eigenvalue weighted by Gasteiger charge is -2.25. The number of amides is 1. The SMILES string of the molecule is COC(=O)CCN(CC(F)(F)F)C(=O)C(C)N. The third-order valence-electron chi connectivity index (χ3n) is 1.88. The van der Waals surface area contributed by atoms with E-state index in [-0.39, 0.29) is 13.0 Å². The molecule has 0 heterocycles. The molecule has 0 aliphatic heterocycles. The number of hydrogen-bond donors (Lipinski definition) is 1. The predicted molar refractivity (Wildman–Crippen MR) is 52.9 cm³/mol. The molecular formula is C9H15F3N2O3. The number of carbonyl (C=O) groups excluding carboxylic acids is 2. The highest BCUT2D eigenvalue weighted by molar-refractivity contribution is 5.81. The number of nitrogens with two attached hydrogens (primary N) is 1. The highest BCUT2D eigenvalue weighted by Gasteiger charge is 2.33. The smallest absolute Gasteiger partial charge is 0.406 e.